The van der Waals surface area contributed by atoms with E-state index in [9.17, 15) is 22.0 Å². The molecule has 1 heterocycles. The third kappa shape index (κ3) is 2.44. The second kappa shape index (κ2) is 5.31. The highest BCUT2D eigenvalue weighted by Crippen LogP contribution is 2.36. The highest BCUT2D eigenvalue weighted by molar-refractivity contribution is 7.93. The van der Waals surface area contributed by atoms with Crippen LogP contribution in [-0.2, 0) is 14.8 Å². The van der Waals surface area contributed by atoms with Crippen molar-refractivity contribution < 1.29 is 22.0 Å². The van der Waals surface area contributed by atoms with E-state index in [2.05, 4.69) is 5.32 Å². The molecule has 0 aromatic heterocycles. The SMILES string of the molecule is C[C@@H]1C(=O)Nc2ccccc2N1S(=O)(=O)c1cc(F)ccc1F. The highest BCUT2D eigenvalue weighted by Gasteiger charge is 2.39. The summed E-state index contributed by atoms with van der Waals surface area (Å²) in [6.07, 6.45) is 0. The van der Waals surface area contributed by atoms with Gasteiger partial charge in [0.05, 0.1) is 11.4 Å². The maximum atomic E-state index is 13.9. The van der Waals surface area contributed by atoms with Crippen LogP contribution >= 0.6 is 0 Å². The Balaban J connectivity index is 2.23. The minimum absolute atomic E-state index is 0.197. The predicted molar refractivity (Wildman–Crippen MR) is 80.6 cm³/mol. The van der Waals surface area contributed by atoms with Gasteiger partial charge in [-0.1, -0.05) is 12.1 Å². The lowest BCUT2D eigenvalue weighted by atomic mass is 10.1. The topological polar surface area (TPSA) is 66.5 Å². The normalized spacial score (nSPS) is 17.6. The molecule has 8 heteroatoms. The van der Waals surface area contributed by atoms with Crippen LogP contribution in [0.1, 0.15) is 6.92 Å². The number of benzene rings is 2. The van der Waals surface area contributed by atoms with E-state index in [1.807, 2.05) is 0 Å². The van der Waals surface area contributed by atoms with Gasteiger partial charge >= 0.3 is 0 Å². The molecule has 2 aromatic rings. The van der Waals surface area contributed by atoms with Gasteiger partial charge in [-0.2, -0.15) is 0 Å². The quantitative estimate of drug-likeness (QED) is 0.915. The molecule has 5 nitrogen and oxygen atoms in total. The van der Waals surface area contributed by atoms with E-state index >= 15 is 0 Å². The Labute approximate surface area is 131 Å². The first-order valence-corrected chi connectivity index (χ1v) is 8.16. The van der Waals surface area contributed by atoms with Gasteiger partial charge in [0.1, 0.15) is 22.6 Å². The second-order valence-corrected chi connectivity index (χ2v) is 6.84. The first kappa shape index (κ1) is 15.4. The summed E-state index contributed by atoms with van der Waals surface area (Å²) in [4.78, 5) is 11.2. The molecule has 0 saturated heterocycles. The zero-order valence-corrected chi connectivity index (χ0v) is 12.8. The maximum absolute atomic E-state index is 13.9. The molecule has 1 amide bonds. The molecular weight excluding hydrogens is 326 g/mol. The van der Waals surface area contributed by atoms with Gasteiger partial charge in [0.15, 0.2) is 0 Å². The van der Waals surface area contributed by atoms with E-state index in [0.29, 0.717) is 6.07 Å². The fraction of sp³-hybridized carbons (Fsp3) is 0.133. The zero-order valence-electron chi connectivity index (χ0n) is 12.0. The van der Waals surface area contributed by atoms with Gasteiger partial charge in [-0.05, 0) is 37.3 Å². The number of anilines is 2. The van der Waals surface area contributed by atoms with Crippen molar-refractivity contribution in [3.63, 3.8) is 0 Å². The Kier molecular flexibility index (Phi) is 3.56. The molecule has 3 rings (SSSR count). The summed E-state index contributed by atoms with van der Waals surface area (Å²) >= 11 is 0. The number of nitrogens with zero attached hydrogens (tertiary/aromatic N) is 1. The fourth-order valence-electron chi connectivity index (χ4n) is 2.44. The first-order chi connectivity index (χ1) is 10.8. The van der Waals surface area contributed by atoms with Crippen LogP contribution in [-0.4, -0.2) is 20.4 Å². The van der Waals surface area contributed by atoms with E-state index in [1.165, 1.54) is 19.1 Å². The van der Waals surface area contributed by atoms with Gasteiger partial charge in [-0.15, -0.1) is 0 Å². The molecule has 23 heavy (non-hydrogen) atoms. The number of rotatable bonds is 2. The Hall–Kier alpha value is -2.48. The summed E-state index contributed by atoms with van der Waals surface area (Å²) in [5.74, 6) is -2.52. The second-order valence-electron chi connectivity index (χ2n) is 5.06. The fourth-order valence-corrected chi connectivity index (χ4v) is 4.16. The molecule has 0 saturated carbocycles. The number of carbonyl (C=O) groups is 1. The van der Waals surface area contributed by atoms with E-state index < -0.39 is 38.5 Å². The molecular formula is C15H12F2N2O3S. The molecule has 0 spiro atoms. The lowest BCUT2D eigenvalue weighted by Crippen LogP contribution is -2.49. The average Bonchev–Trinajstić information content (AvgIpc) is 2.50. The molecule has 1 aliphatic rings. The van der Waals surface area contributed by atoms with Crippen molar-refractivity contribution in [1.82, 2.24) is 0 Å². The van der Waals surface area contributed by atoms with Gasteiger partial charge in [0.25, 0.3) is 10.0 Å². The number of sulfonamides is 1. The number of amides is 1. The number of fused-ring (bicyclic) bond motifs is 1. The monoisotopic (exact) mass is 338 g/mol. The molecule has 0 unspecified atom stereocenters. The van der Waals surface area contributed by atoms with Crippen molar-refractivity contribution in [2.24, 2.45) is 0 Å². The maximum Gasteiger partial charge on any atom is 0.268 e. The van der Waals surface area contributed by atoms with E-state index in [4.69, 9.17) is 0 Å². The molecule has 120 valence electrons. The molecule has 0 aliphatic carbocycles. The van der Waals surface area contributed by atoms with Gasteiger partial charge in [-0.25, -0.2) is 17.2 Å². The number of para-hydroxylation sites is 2. The van der Waals surface area contributed by atoms with E-state index in [0.717, 1.165) is 16.4 Å². The Bertz CT molecular complexity index is 899. The Morgan fingerprint density at radius 1 is 1.13 bits per heavy atom. The molecule has 2 aromatic carbocycles. The van der Waals surface area contributed by atoms with Crippen molar-refractivity contribution in [3.8, 4) is 0 Å². The van der Waals surface area contributed by atoms with Crippen molar-refractivity contribution in [1.29, 1.82) is 0 Å². The van der Waals surface area contributed by atoms with Crippen molar-refractivity contribution in [3.05, 3.63) is 54.1 Å². The lowest BCUT2D eigenvalue weighted by Gasteiger charge is -2.35. The third-order valence-electron chi connectivity index (χ3n) is 3.56. The van der Waals surface area contributed by atoms with Crippen LogP contribution in [0.4, 0.5) is 20.2 Å². The van der Waals surface area contributed by atoms with E-state index in [-0.39, 0.29) is 11.4 Å². The minimum Gasteiger partial charge on any atom is -0.322 e. The molecule has 1 aliphatic heterocycles. The molecule has 0 radical (unpaired) electrons. The van der Waals surface area contributed by atoms with Gasteiger partial charge in [0.2, 0.25) is 5.91 Å². The number of hydrogen-bond acceptors (Lipinski definition) is 3. The standard InChI is InChI=1S/C15H12F2N2O3S/c1-9-15(20)18-12-4-2-3-5-13(12)19(9)23(21,22)14-8-10(16)6-7-11(14)17/h2-9H,1H3,(H,18,20)/t9-/m1/s1. The van der Waals surface area contributed by atoms with Crippen LogP contribution in [0.3, 0.4) is 0 Å². The van der Waals surface area contributed by atoms with Crippen LogP contribution < -0.4 is 9.62 Å². The summed E-state index contributed by atoms with van der Waals surface area (Å²) in [6, 6.07) is 7.31. The van der Waals surface area contributed by atoms with Gasteiger partial charge in [0, 0.05) is 0 Å². The average molecular weight is 338 g/mol. The molecule has 1 atom stereocenters. The van der Waals surface area contributed by atoms with Crippen LogP contribution in [0.25, 0.3) is 0 Å². The summed E-state index contributed by atoms with van der Waals surface area (Å²) in [5.41, 5.74) is 0.485. The van der Waals surface area contributed by atoms with Crippen LogP contribution in [0.5, 0.6) is 0 Å². The summed E-state index contributed by atoms with van der Waals surface area (Å²) < 4.78 is 53.8. The number of nitrogens with one attached hydrogen (secondary N) is 1. The summed E-state index contributed by atoms with van der Waals surface area (Å²) in [6.45, 7) is 1.38. The number of halogens is 2. The molecule has 0 bridgehead atoms. The lowest BCUT2D eigenvalue weighted by molar-refractivity contribution is -0.117. The minimum atomic E-state index is -4.45. The zero-order chi connectivity index (χ0) is 16.8. The number of hydrogen-bond donors (Lipinski definition) is 1. The molecule has 1 N–H and O–H groups in total. The number of carbonyl (C=O) groups excluding carboxylic acids is 1. The highest BCUT2D eigenvalue weighted by atomic mass is 32.2. The van der Waals surface area contributed by atoms with Crippen molar-refractivity contribution >= 4 is 27.3 Å². The smallest absolute Gasteiger partial charge is 0.268 e. The Morgan fingerprint density at radius 3 is 2.57 bits per heavy atom. The van der Waals surface area contributed by atoms with Crippen LogP contribution in [0, 0.1) is 11.6 Å². The van der Waals surface area contributed by atoms with E-state index in [1.54, 1.807) is 12.1 Å². The van der Waals surface area contributed by atoms with Crippen LogP contribution in [0.15, 0.2) is 47.4 Å². The van der Waals surface area contributed by atoms with Crippen LogP contribution in [0.2, 0.25) is 0 Å². The van der Waals surface area contributed by atoms with Gasteiger partial charge in [-0.3, -0.25) is 9.10 Å². The predicted octanol–water partition coefficient (Wildman–Crippen LogP) is 2.50. The summed E-state index contributed by atoms with van der Waals surface area (Å²) in [5, 5.41) is 2.58. The molecule has 0 fully saturated rings. The van der Waals surface area contributed by atoms with Gasteiger partial charge < -0.3 is 5.32 Å². The summed E-state index contributed by atoms with van der Waals surface area (Å²) in [7, 11) is -4.45. The van der Waals surface area contributed by atoms with Crippen molar-refractivity contribution in [2.45, 2.75) is 17.9 Å². The van der Waals surface area contributed by atoms with Crippen molar-refractivity contribution in [2.75, 3.05) is 9.62 Å². The Morgan fingerprint density at radius 2 is 1.83 bits per heavy atom. The first-order valence-electron chi connectivity index (χ1n) is 6.72. The third-order valence-corrected chi connectivity index (χ3v) is 5.46. The largest absolute Gasteiger partial charge is 0.322 e.